The lowest BCUT2D eigenvalue weighted by Gasteiger charge is -2.01. The molecule has 3 rings (SSSR count). The Kier molecular flexibility index (Phi) is 2.72. The molecule has 90 valence electrons. The minimum Gasteiger partial charge on any atom is -0.331 e. The molecule has 3 aromatic rings. The van der Waals surface area contributed by atoms with Gasteiger partial charge in [-0.05, 0) is 22.4 Å². The van der Waals surface area contributed by atoms with Crippen LogP contribution in [0.5, 0.6) is 0 Å². The van der Waals surface area contributed by atoms with E-state index in [2.05, 4.69) is 22.5 Å². The van der Waals surface area contributed by atoms with E-state index < -0.39 is 0 Å². The summed E-state index contributed by atoms with van der Waals surface area (Å²) in [5.74, 6) is 0.110. The van der Waals surface area contributed by atoms with Crippen LogP contribution in [0.2, 0.25) is 0 Å². The second kappa shape index (κ2) is 4.38. The van der Waals surface area contributed by atoms with E-state index in [1.807, 2.05) is 19.2 Å². The Labute approximate surface area is 109 Å². The maximum atomic E-state index is 12.2. The summed E-state index contributed by atoms with van der Waals surface area (Å²) in [6.45, 7) is 0. The van der Waals surface area contributed by atoms with Crippen LogP contribution < -0.4 is 0 Å². The number of benzene rings is 1. The topological polar surface area (TPSA) is 34.9 Å². The van der Waals surface area contributed by atoms with Crippen molar-refractivity contribution in [2.24, 2.45) is 7.05 Å². The third kappa shape index (κ3) is 1.84. The number of carbonyl (C=O) groups excluding carboxylic acids is 1. The van der Waals surface area contributed by atoms with Crippen LogP contribution in [0.25, 0.3) is 10.1 Å². The quantitative estimate of drug-likeness (QED) is 0.675. The van der Waals surface area contributed by atoms with Crippen LogP contribution in [0.15, 0.2) is 42.2 Å². The summed E-state index contributed by atoms with van der Waals surface area (Å²) in [5, 5.41) is 3.25. The largest absolute Gasteiger partial charge is 0.331 e. The van der Waals surface area contributed by atoms with Crippen LogP contribution in [0.1, 0.15) is 16.1 Å². The lowest BCUT2D eigenvalue weighted by molar-refractivity contribution is 0.0985. The fourth-order valence-corrected chi connectivity index (χ4v) is 3.02. The minimum absolute atomic E-state index is 0.110. The summed E-state index contributed by atoms with van der Waals surface area (Å²) >= 11 is 1.68. The number of aryl methyl sites for hydroxylation is 1. The number of ketones is 1. The van der Waals surface area contributed by atoms with Crippen molar-refractivity contribution in [3.63, 3.8) is 0 Å². The van der Waals surface area contributed by atoms with E-state index in [0.29, 0.717) is 12.1 Å². The molecule has 0 amide bonds. The van der Waals surface area contributed by atoms with Gasteiger partial charge >= 0.3 is 0 Å². The number of carbonyl (C=O) groups is 1. The van der Waals surface area contributed by atoms with Crippen molar-refractivity contribution >= 4 is 27.2 Å². The van der Waals surface area contributed by atoms with Gasteiger partial charge in [-0.3, -0.25) is 4.79 Å². The predicted molar refractivity (Wildman–Crippen MR) is 73.1 cm³/mol. The fourth-order valence-electron chi connectivity index (χ4n) is 2.06. The van der Waals surface area contributed by atoms with E-state index in [1.54, 1.807) is 28.4 Å². The highest BCUT2D eigenvalue weighted by molar-refractivity contribution is 7.17. The molecule has 2 heterocycles. The Bertz CT molecular complexity index is 711. The average Bonchev–Trinajstić information content (AvgIpc) is 2.97. The maximum Gasteiger partial charge on any atom is 0.185 e. The number of imidazole rings is 1. The zero-order valence-corrected chi connectivity index (χ0v) is 10.8. The lowest BCUT2D eigenvalue weighted by atomic mass is 10.1. The summed E-state index contributed by atoms with van der Waals surface area (Å²) in [7, 11) is 1.84. The van der Waals surface area contributed by atoms with Crippen molar-refractivity contribution in [2.75, 3.05) is 0 Å². The van der Waals surface area contributed by atoms with Crippen molar-refractivity contribution in [3.05, 3.63) is 53.4 Å². The second-order valence-corrected chi connectivity index (χ2v) is 5.16. The first-order valence-corrected chi connectivity index (χ1v) is 6.58. The highest BCUT2D eigenvalue weighted by atomic mass is 32.1. The van der Waals surface area contributed by atoms with Crippen LogP contribution in [-0.2, 0) is 13.5 Å². The van der Waals surface area contributed by atoms with Gasteiger partial charge in [0.2, 0.25) is 0 Å². The van der Waals surface area contributed by atoms with Gasteiger partial charge in [-0.2, -0.15) is 0 Å². The molecule has 3 nitrogen and oxygen atoms in total. The van der Waals surface area contributed by atoms with Gasteiger partial charge in [0.15, 0.2) is 5.78 Å². The van der Waals surface area contributed by atoms with Crippen LogP contribution >= 0.6 is 11.3 Å². The minimum atomic E-state index is 0.110. The third-order valence-corrected chi connectivity index (χ3v) is 4.03. The van der Waals surface area contributed by atoms with E-state index >= 15 is 0 Å². The first-order valence-electron chi connectivity index (χ1n) is 5.70. The molecule has 4 heteroatoms. The summed E-state index contributed by atoms with van der Waals surface area (Å²) in [6, 6.07) is 8.17. The molecule has 0 unspecified atom stereocenters. The predicted octanol–water partition coefficient (Wildman–Crippen LogP) is 3.06. The number of thiophene rings is 1. The summed E-state index contributed by atoms with van der Waals surface area (Å²) in [5.41, 5.74) is 1.76. The molecule has 0 aliphatic carbocycles. The average molecular weight is 256 g/mol. The fraction of sp³-hybridized carbons (Fsp3) is 0.143. The number of aromatic nitrogens is 2. The molecule has 2 aromatic heterocycles. The molecule has 0 spiro atoms. The van der Waals surface area contributed by atoms with E-state index in [-0.39, 0.29) is 5.78 Å². The number of nitrogens with zero attached hydrogens (tertiary/aromatic N) is 2. The van der Waals surface area contributed by atoms with Gasteiger partial charge < -0.3 is 4.57 Å². The van der Waals surface area contributed by atoms with Gasteiger partial charge in [-0.1, -0.05) is 18.2 Å². The molecule has 0 N–H and O–H groups in total. The molecule has 1 aromatic carbocycles. The molecule has 0 atom stereocenters. The molecular formula is C14H12N2OS. The van der Waals surface area contributed by atoms with Gasteiger partial charge in [0, 0.05) is 18.2 Å². The molecule has 0 bridgehead atoms. The van der Waals surface area contributed by atoms with Crippen LogP contribution in [0.3, 0.4) is 0 Å². The maximum absolute atomic E-state index is 12.2. The van der Waals surface area contributed by atoms with Crippen LogP contribution in [0, 0.1) is 0 Å². The van der Waals surface area contributed by atoms with Gasteiger partial charge in [-0.15, -0.1) is 11.3 Å². The number of hydrogen-bond acceptors (Lipinski definition) is 3. The number of hydrogen-bond donors (Lipinski definition) is 0. The highest BCUT2D eigenvalue weighted by Crippen LogP contribution is 2.26. The molecule has 18 heavy (non-hydrogen) atoms. The smallest absolute Gasteiger partial charge is 0.185 e. The molecular weight excluding hydrogens is 244 g/mol. The Morgan fingerprint density at radius 2 is 2.22 bits per heavy atom. The molecule has 0 saturated carbocycles. The van der Waals surface area contributed by atoms with E-state index in [1.165, 1.54) is 10.1 Å². The highest BCUT2D eigenvalue weighted by Gasteiger charge is 2.13. The van der Waals surface area contributed by atoms with Crippen molar-refractivity contribution in [3.8, 4) is 0 Å². The Hall–Kier alpha value is -1.94. The van der Waals surface area contributed by atoms with Gasteiger partial charge in [0.1, 0.15) is 5.69 Å². The Balaban J connectivity index is 1.93. The van der Waals surface area contributed by atoms with Crippen molar-refractivity contribution in [2.45, 2.75) is 6.42 Å². The lowest BCUT2D eigenvalue weighted by Crippen LogP contribution is -2.07. The van der Waals surface area contributed by atoms with E-state index in [0.717, 1.165) is 5.56 Å². The van der Waals surface area contributed by atoms with Gasteiger partial charge in [0.25, 0.3) is 0 Å². The normalized spacial score (nSPS) is 10.9. The molecule has 0 radical (unpaired) electrons. The number of Topliss-reactive ketones (excluding diaryl/α,β-unsaturated/α-hetero) is 1. The Morgan fingerprint density at radius 3 is 3.00 bits per heavy atom. The first-order chi connectivity index (χ1) is 8.75. The van der Waals surface area contributed by atoms with E-state index in [4.69, 9.17) is 0 Å². The van der Waals surface area contributed by atoms with Gasteiger partial charge in [-0.25, -0.2) is 4.98 Å². The summed E-state index contributed by atoms with van der Waals surface area (Å²) in [6.07, 6.45) is 3.71. The molecule has 0 saturated heterocycles. The Morgan fingerprint density at radius 1 is 1.39 bits per heavy atom. The number of fused-ring (bicyclic) bond motifs is 1. The third-order valence-electron chi connectivity index (χ3n) is 3.01. The van der Waals surface area contributed by atoms with E-state index in [9.17, 15) is 4.79 Å². The molecule has 0 fully saturated rings. The van der Waals surface area contributed by atoms with Crippen LogP contribution in [0.4, 0.5) is 0 Å². The zero-order valence-electron chi connectivity index (χ0n) is 9.96. The molecule has 0 aliphatic rings. The first kappa shape index (κ1) is 11.2. The van der Waals surface area contributed by atoms with Crippen LogP contribution in [-0.4, -0.2) is 15.3 Å². The van der Waals surface area contributed by atoms with Gasteiger partial charge in [0.05, 0.1) is 12.5 Å². The van der Waals surface area contributed by atoms with Crippen molar-refractivity contribution in [1.82, 2.24) is 9.55 Å². The van der Waals surface area contributed by atoms with Crippen molar-refractivity contribution < 1.29 is 4.79 Å². The standard InChI is InChI=1S/C14H12N2OS/c1-16-9-15-7-12(16)13(17)6-10-8-18-14-5-3-2-4-11(10)14/h2-5,7-9H,6H2,1H3. The second-order valence-electron chi connectivity index (χ2n) is 4.25. The summed E-state index contributed by atoms with van der Waals surface area (Å²) < 4.78 is 2.99. The molecule has 0 aliphatic heterocycles. The van der Waals surface area contributed by atoms with Crippen molar-refractivity contribution in [1.29, 1.82) is 0 Å². The summed E-state index contributed by atoms with van der Waals surface area (Å²) in [4.78, 5) is 16.2. The number of rotatable bonds is 3. The zero-order chi connectivity index (χ0) is 12.5. The SMILES string of the molecule is Cn1cncc1C(=O)Cc1csc2ccccc12. The monoisotopic (exact) mass is 256 g/mol.